The summed E-state index contributed by atoms with van der Waals surface area (Å²) in [5.41, 5.74) is 6.65. The molecule has 0 spiro atoms. The standard InChI is InChI=1S/C16H19NO6/c17-14(10-12-4-2-1-3-5-12)16(21)23-9-8-22-15(20)7-6-13(19)11-18/h1-5,11,14H,6-10,17H2/t14-/m0/s1. The molecule has 0 saturated heterocycles. The molecule has 0 aliphatic rings. The molecule has 0 heterocycles. The van der Waals surface area contributed by atoms with Crippen LogP contribution in [-0.2, 0) is 35.1 Å². The van der Waals surface area contributed by atoms with Crippen LogP contribution in [0.4, 0.5) is 0 Å². The Morgan fingerprint density at radius 2 is 1.70 bits per heavy atom. The maximum Gasteiger partial charge on any atom is 0.323 e. The van der Waals surface area contributed by atoms with Crippen LogP contribution in [0.15, 0.2) is 30.3 Å². The van der Waals surface area contributed by atoms with Gasteiger partial charge in [0.2, 0.25) is 0 Å². The molecule has 2 N–H and O–H groups in total. The maximum absolute atomic E-state index is 11.7. The summed E-state index contributed by atoms with van der Waals surface area (Å²) in [6.07, 6.45) is 0.138. The van der Waals surface area contributed by atoms with Gasteiger partial charge in [-0.05, 0) is 12.0 Å². The molecule has 0 fully saturated rings. The normalized spacial score (nSPS) is 11.3. The van der Waals surface area contributed by atoms with Crippen LogP contribution in [0.25, 0.3) is 0 Å². The van der Waals surface area contributed by atoms with Gasteiger partial charge in [-0.25, -0.2) is 0 Å². The van der Waals surface area contributed by atoms with Crippen LogP contribution in [0.5, 0.6) is 0 Å². The zero-order chi connectivity index (χ0) is 17.1. The second kappa shape index (κ2) is 10.2. The average molecular weight is 321 g/mol. The van der Waals surface area contributed by atoms with E-state index >= 15 is 0 Å². The minimum absolute atomic E-state index is 0.116. The van der Waals surface area contributed by atoms with Crippen molar-refractivity contribution >= 4 is 24.0 Å². The van der Waals surface area contributed by atoms with Crippen molar-refractivity contribution in [2.75, 3.05) is 13.2 Å². The molecule has 0 radical (unpaired) electrons. The van der Waals surface area contributed by atoms with Gasteiger partial charge in [0.25, 0.3) is 0 Å². The number of ether oxygens (including phenoxy) is 2. The highest BCUT2D eigenvalue weighted by Gasteiger charge is 2.15. The highest BCUT2D eigenvalue weighted by atomic mass is 16.6. The lowest BCUT2D eigenvalue weighted by Gasteiger charge is -2.11. The van der Waals surface area contributed by atoms with Crippen LogP contribution < -0.4 is 5.73 Å². The Balaban J connectivity index is 2.17. The second-order valence-corrected chi connectivity index (χ2v) is 4.77. The number of carbonyl (C=O) groups is 4. The fourth-order valence-corrected chi connectivity index (χ4v) is 1.71. The van der Waals surface area contributed by atoms with Gasteiger partial charge in [-0.2, -0.15) is 0 Å². The predicted molar refractivity (Wildman–Crippen MR) is 80.3 cm³/mol. The first-order valence-corrected chi connectivity index (χ1v) is 7.12. The van der Waals surface area contributed by atoms with Crippen LogP contribution in [0.2, 0.25) is 0 Å². The van der Waals surface area contributed by atoms with E-state index in [9.17, 15) is 19.2 Å². The molecule has 0 aliphatic carbocycles. The Morgan fingerprint density at radius 3 is 2.35 bits per heavy atom. The lowest BCUT2D eigenvalue weighted by Crippen LogP contribution is -2.35. The van der Waals surface area contributed by atoms with Gasteiger partial charge >= 0.3 is 11.9 Å². The fraction of sp³-hybridized carbons (Fsp3) is 0.375. The smallest absolute Gasteiger partial charge is 0.323 e. The maximum atomic E-state index is 11.7. The monoisotopic (exact) mass is 321 g/mol. The Bertz CT molecular complexity index is 543. The molecule has 0 amide bonds. The molecule has 1 aromatic rings. The number of hydrogen-bond donors (Lipinski definition) is 1. The Labute approximate surface area is 133 Å². The van der Waals surface area contributed by atoms with Crippen molar-refractivity contribution in [3.05, 3.63) is 35.9 Å². The van der Waals surface area contributed by atoms with Gasteiger partial charge in [0.15, 0.2) is 12.1 Å². The third-order valence-corrected chi connectivity index (χ3v) is 2.90. The number of esters is 2. The topological polar surface area (TPSA) is 113 Å². The van der Waals surface area contributed by atoms with Crippen molar-refractivity contribution in [3.8, 4) is 0 Å². The molecule has 1 aromatic carbocycles. The summed E-state index contributed by atoms with van der Waals surface area (Å²) in [4.78, 5) is 43.7. The summed E-state index contributed by atoms with van der Waals surface area (Å²) in [7, 11) is 0. The lowest BCUT2D eigenvalue weighted by molar-refractivity contribution is -0.153. The summed E-state index contributed by atoms with van der Waals surface area (Å²) >= 11 is 0. The number of carbonyl (C=O) groups excluding carboxylic acids is 4. The number of nitrogens with two attached hydrogens (primary N) is 1. The van der Waals surface area contributed by atoms with Crippen molar-refractivity contribution in [1.82, 2.24) is 0 Å². The summed E-state index contributed by atoms with van der Waals surface area (Å²) in [5, 5.41) is 0. The molecule has 1 rings (SSSR count). The molecule has 23 heavy (non-hydrogen) atoms. The van der Waals surface area contributed by atoms with E-state index in [4.69, 9.17) is 15.2 Å². The molecule has 0 saturated carbocycles. The lowest BCUT2D eigenvalue weighted by atomic mass is 10.1. The van der Waals surface area contributed by atoms with E-state index in [0.29, 0.717) is 6.42 Å². The van der Waals surface area contributed by atoms with Gasteiger partial charge in [0.05, 0.1) is 6.42 Å². The second-order valence-electron chi connectivity index (χ2n) is 4.77. The Hall–Kier alpha value is -2.54. The zero-order valence-corrected chi connectivity index (χ0v) is 12.6. The summed E-state index contributed by atoms with van der Waals surface area (Å²) in [5.74, 6) is -1.88. The first-order chi connectivity index (χ1) is 11.0. The molecule has 7 nitrogen and oxygen atoms in total. The molecule has 124 valence electrons. The fourth-order valence-electron chi connectivity index (χ4n) is 1.71. The van der Waals surface area contributed by atoms with Crippen molar-refractivity contribution in [1.29, 1.82) is 0 Å². The van der Waals surface area contributed by atoms with E-state index in [2.05, 4.69) is 0 Å². The minimum atomic E-state index is -0.793. The zero-order valence-electron chi connectivity index (χ0n) is 12.6. The predicted octanol–water partition coefficient (Wildman–Crippen LogP) is 0.191. The largest absolute Gasteiger partial charge is 0.462 e. The van der Waals surface area contributed by atoms with Gasteiger partial charge in [0, 0.05) is 6.42 Å². The molecular formula is C16H19NO6. The van der Waals surface area contributed by atoms with Crippen molar-refractivity contribution in [2.24, 2.45) is 5.73 Å². The third-order valence-electron chi connectivity index (χ3n) is 2.90. The molecule has 1 atom stereocenters. The van der Waals surface area contributed by atoms with E-state index in [1.807, 2.05) is 30.3 Å². The van der Waals surface area contributed by atoms with Gasteiger partial charge in [-0.3, -0.25) is 19.2 Å². The van der Waals surface area contributed by atoms with Crippen molar-refractivity contribution in [3.63, 3.8) is 0 Å². The number of benzene rings is 1. The van der Waals surface area contributed by atoms with Crippen LogP contribution in [0, 0.1) is 0 Å². The van der Waals surface area contributed by atoms with E-state index in [0.717, 1.165) is 5.56 Å². The quantitative estimate of drug-likeness (QED) is 0.283. The minimum Gasteiger partial charge on any atom is -0.462 e. The van der Waals surface area contributed by atoms with Gasteiger partial charge in [-0.15, -0.1) is 0 Å². The van der Waals surface area contributed by atoms with E-state index in [1.165, 1.54) is 0 Å². The number of ketones is 1. The van der Waals surface area contributed by atoms with E-state index in [-0.39, 0.29) is 32.3 Å². The Kier molecular flexibility index (Phi) is 8.23. The summed E-state index contributed by atoms with van der Waals surface area (Å²) in [6, 6.07) is 8.48. The third kappa shape index (κ3) is 7.87. The van der Waals surface area contributed by atoms with Crippen LogP contribution >= 0.6 is 0 Å². The van der Waals surface area contributed by atoms with Crippen LogP contribution in [-0.4, -0.2) is 43.3 Å². The van der Waals surface area contributed by atoms with Gasteiger partial charge in [-0.1, -0.05) is 30.3 Å². The first kappa shape index (κ1) is 18.5. The van der Waals surface area contributed by atoms with Gasteiger partial charge < -0.3 is 15.2 Å². The number of rotatable bonds is 10. The molecular weight excluding hydrogens is 302 g/mol. The number of Topliss-reactive ketones (excluding diaryl/α,β-unsaturated/α-hetero) is 1. The number of aldehydes is 1. The highest BCUT2D eigenvalue weighted by molar-refractivity contribution is 6.25. The SMILES string of the molecule is N[C@@H](Cc1ccccc1)C(=O)OCCOC(=O)CCC(=O)C=O. The van der Waals surface area contributed by atoms with Crippen molar-refractivity contribution < 1.29 is 28.7 Å². The van der Waals surface area contributed by atoms with Gasteiger partial charge in [0.1, 0.15) is 19.3 Å². The molecule has 0 bridgehead atoms. The molecule has 0 aromatic heterocycles. The van der Waals surface area contributed by atoms with E-state index < -0.39 is 23.8 Å². The summed E-state index contributed by atoms with van der Waals surface area (Å²) in [6.45, 7) is -0.243. The van der Waals surface area contributed by atoms with E-state index in [1.54, 1.807) is 0 Å². The van der Waals surface area contributed by atoms with Crippen LogP contribution in [0.1, 0.15) is 18.4 Å². The summed E-state index contributed by atoms with van der Waals surface area (Å²) < 4.78 is 9.67. The highest BCUT2D eigenvalue weighted by Crippen LogP contribution is 2.03. The van der Waals surface area contributed by atoms with Crippen LogP contribution in [0.3, 0.4) is 0 Å². The average Bonchev–Trinajstić information content (AvgIpc) is 2.57. The Morgan fingerprint density at radius 1 is 1.04 bits per heavy atom. The first-order valence-electron chi connectivity index (χ1n) is 7.12. The molecule has 0 aliphatic heterocycles. The number of hydrogen-bond acceptors (Lipinski definition) is 7. The van der Waals surface area contributed by atoms with Crippen molar-refractivity contribution in [2.45, 2.75) is 25.3 Å². The molecule has 0 unspecified atom stereocenters. The molecule has 7 heteroatoms.